The van der Waals surface area contributed by atoms with E-state index in [2.05, 4.69) is 45.5 Å². The Hall–Kier alpha value is -3.99. The Morgan fingerprint density at radius 1 is 0.643 bits per heavy atom. The predicted molar refractivity (Wildman–Crippen MR) is 112 cm³/mol. The number of aromatic nitrogens is 5. The van der Waals surface area contributed by atoms with Crippen LogP contribution in [0.1, 0.15) is 0 Å². The van der Waals surface area contributed by atoms with E-state index in [0.717, 1.165) is 50.2 Å². The number of hydrogen-bond acceptors (Lipinski definition) is 3. The Bertz CT molecular complexity index is 1440. The third-order valence-corrected chi connectivity index (χ3v) is 5.05. The van der Waals surface area contributed by atoms with Gasteiger partial charge in [-0.2, -0.15) is 5.10 Å². The number of rotatable bonds is 2. The van der Waals surface area contributed by atoms with Crippen molar-refractivity contribution in [1.29, 1.82) is 0 Å². The molecule has 6 aromatic rings. The molecule has 2 aromatic carbocycles. The lowest BCUT2D eigenvalue weighted by atomic mass is 10.1. The van der Waals surface area contributed by atoms with Gasteiger partial charge in [-0.1, -0.05) is 42.5 Å². The Balaban J connectivity index is 1.52. The van der Waals surface area contributed by atoms with Crippen LogP contribution in [0.5, 0.6) is 0 Å². The fourth-order valence-electron chi connectivity index (χ4n) is 3.64. The summed E-state index contributed by atoms with van der Waals surface area (Å²) in [6, 6.07) is 26.5. The Labute approximate surface area is 160 Å². The third kappa shape index (κ3) is 2.30. The molecule has 5 nitrogen and oxygen atoms in total. The van der Waals surface area contributed by atoms with Gasteiger partial charge in [-0.05, 0) is 36.4 Å². The molecule has 6 rings (SSSR count). The predicted octanol–water partition coefficient (Wildman–Crippen LogP) is 5.32. The smallest absolute Gasteiger partial charge is 0.137 e. The molecule has 0 atom stereocenters. The van der Waals surface area contributed by atoms with E-state index in [-0.39, 0.29) is 0 Å². The van der Waals surface area contributed by atoms with Crippen LogP contribution in [0.15, 0.2) is 78.9 Å². The van der Waals surface area contributed by atoms with Crippen molar-refractivity contribution in [2.24, 2.45) is 0 Å². The molecule has 28 heavy (non-hydrogen) atoms. The van der Waals surface area contributed by atoms with Crippen LogP contribution in [0.4, 0.5) is 0 Å². The van der Waals surface area contributed by atoms with Gasteiger partial charge in [-0.3, -0.25) is 5.10 Å². The minimum atomic E-state index is 0.763. The topological polar surface area (TPSA) is 70.2 Å². The van der Waals surface area contributed by atoms with Gasteiger partial charge in [-0.25, -0.2) is 9.97 Å². The van der Waals surface area contributed by atoms with Gasteiger partial charge in [0.1, 0.15) is 11.2 Å². The second-order valence-electron chi connectivity index (χ2n) is 6.82. The summed E-state index contributed by atoms with van der Waals surface area (Å²) in [4.78, 5) is 13.1. The number of H-pyrrole nitrogens is 2. The summed E-state index contributed by atoms with van der Waals surface area (Å²) in [5.74, 6) is 0. The van der Waals surface area contributed by atoms with Crippen LogP contribution in [-0.4, -0.2) is 25.1 Å². The molecule has 0 bridgehead atoms. The van der Waals surface area contributed by atoms with Crippen molar-refractivity contribution >= 4 is 32.8 Å². The molecule has 4 heterocycles. The van der Waals surface area contributed by atoms with E-state index in [1.54, 1.807) is 0 Å². The first-order chi connectivity index (χ1) is 13.8. The van der Waals surface area contributed by atoms with Crippen LogP contribution in [-0.2, 0) is 0 Å². The van der Waals surface area contributed by atoms with E-state index in [1.807, 2.05) is 48.5 Å². The van der Waals surface area contributed by atoms with E-state index in [9.17, 15) is 0 Å². The van der Waals surface area contributed by atoms with Crippen molar-refractivity contribution in [2.45, 2.75) is 0 Å². The van der Waals surface area contributed by atoms with Gasteiger partial charge in [0.05, 0.1) is 28.1 Å². The van der Waals surface area contributed by atoms with Gasteiger partial charge in [-0.15, -0.1) is 0 Å². The maximum absolute atomic E-state index is 4.89. The zero-order valence-corrected chi connectivity index (χ0v) is 14.8. The highest BCUT2D eigenvalue weighted by atomic mass is 15.1. The third-order valence-electron chi connectivity index (χ3n) is 5.05. The summed E-state index contributed by atoms with van der Waals surface area (Å²) in [5.41, 5.74) is 7.20. The summed E-state index contributed by atoms with van der Waals surface area (Å²) in [6.45, 7) is 0. The summed E-state index contributed by atoms with van der Waals surface area (Å²) >= 11 is 0. The van der Waals surface area contributed by atoms with Gasteiger partial charge in [0.2, 0.25) is 0 Å². The number of para-hydroxylation sites is 2. The van der Waals surface area contributed by atoms with Crippen molar-refractivity contribution in [3.8, 4) is 22.8 Å². The normalized spacial score (nSPS) is 11.6. The van der Waals surface area contributed by atoms with Crippen LogP contribution in [0.2, 0.25) is 0 Å². The van der Waals surface area contributed by atoms with Crippen LogP contribution in [0.25, 0.3) is 55.6 Å². The summed E-state index contributed by atoms with van der Waals surface area (Å²) in [6.07, 6.45) is 0. The fourth-order valence-corrected chi connectivity index (χ4v) is 3.64. The van der Waals surface area contributed by atoms with E-state index in [4.69, 9.17) is 9.97 Å². The zero-order chi connectivity index (χ0) is 18.5. The average Bonchev–Trinajstić information content (AvgIpc) is 3.37. The standard InChI is InChI=1S/C23H15N5/c1-3-7-16-14(5-1)9-10-19(24-16)23-22-20(27-28-23)12-11-18(26-22)21-13-15-6-2-4-8-17(15)25-21/h1-13,25H,(H,27,28). The summed E-state index contributed by atoms with van der Waals surface area (Å²) < 4.78 is 0. The molecule has 0 aliphatic heterocycles. The molecular weight excluding hydrogens is 346 g/mol. The molecule has 0 spiro atoms. The molecule has 0 radical (unpaired) electrons. The lowest BCUT2D eigenvalue weighted by Crippen LogP contribution is -1.88. The number of aromatic amines is 2. The van der Waals surface area contributed by atoms with Crippen LogP contribution >= 0.6 is 0 Å². The Morgan fingerprint density at radius 3 is 2.39 bits per heavy atom. The van der Waals surface area contributed by atoms with Crippen LogP contribution in [0, 0.1) is 0 Å². The molecule has 0 aliphatic rings. The first-order valence-electron chi connectivity index (χ1n) is 9.15. The quantitative estimate of drug-likeness (QED) is 0.438. The lowest BCUT2D eigenvalue weighted by molar-refractivity contribution is 1.11. The zero-order valence-electron chi connectivity index (χ0n) is 14.8. The van der Waals surface area contributed by atoms with Crippen LogP contribution < -0.4 is 0 Å². The molecule has 2 N–H and O–H groups in total. The van der Waals surface area contributed by atoms with Gasteiger partial charge >= 0.3 is 0 Å². The summed E-state index contributed by atoms with van der Waals surface area (Å²) in [5, 5.41) is 9.85. The monoisotopic (exact) mass is 361 g/mol. The van der Waals surface area contributed by atoms with Crippen molar-refractivity contribution in [1.82, 2.24) is 25.1 Å². The number of hydrogen-bond donors (Lipinski definition) is 2. The minimum absolute atomic E-state index is 0.763. The SMILES string of the molecule is c1ccc2nc(-c3n[nH]c4ccc(-c5cc6ccccc6[nH]5)nc34)ccc2c1. The molecular formula is C23H15N5. The molecule has 0 unspecified atom stereocenters. The number of benzene rings is 2. The molecule has 0 amide bonds. The highest BCUT2D eigenvalue weighted by Gasteiger charge is 2.13. The van der Waals surface area contributed by atoms with Gasteiger partial charge in [0.15, 0.2) is 0 Å². The molecule has 0 fully saturated rings. The van der Waals surface area contributed by atoms with E-state index in [1.165, 1.54) is 5.39 Å². The molecule has 0 saturated heterocycles. The number of nitrogens with one attached hydrogen (secondary N) is 2. The molecule has 0 saturated carbocycles. The second-order valence-corrected chi connectivity index (χ2v) is 6.82. The maximum Gasteiger partial charge on any atom is 0.137 e. The molecule has 0 aliphatic carbocycles. The van der Waals surface area contributed by atoms with E-state index < -0.39 is 0 Å². The Morgan fingerprint density at radius 2 is 1.46 bits per heavy atom. The maximum atomic E-state index is 4.89. The molecule has 132 valence electrons. The summed E-state index contributed by atoms with van der Waals surface area (Å²) in [7, 11) is 0. The minimum Gasteiger partial charge on any atom is -0.353 e. The van der Waals surface area contributed by atoms with Gasteiger partial charge in [0.25, 0.3) is 0 Å². The second kappa shape index (κ2) is 5.76. The largest absolute Gasteiger partial charge is 0.353 e. The van der Waals surface area contributed by atoms with Gasteiger partial charge < -0.3 is 4.98 Å². The van der Waals surface area contributed by atoms with E-state index in [0.29, 0.717) is 0 Å². The van der Waals surface area contributed by atoms with Crippen molar-refractivity contribution in [2.75, 3.05) is 0 Å². The van der Waals surface area contributed by atoms with E-state index >= 15 is 0 Å². The highest BCUT2D eigenvalue weighted by molar-refractivity contribution is 5.92. The lowest BCUT2D eigenvalue weighted by Gasteiger charge is -2.02. The number of fused-ring (bicyclic) bond motifs is 3. The molecule has 4 aromatic heterocycles. The average molecular weight is 361 g/mol. The fraction of sp³-hybridized carbons (Fsp3) is 0. The molecule has 5 heteroatoms. The first kappa shape index (κ1) is 15.1. The van der Waals surface area contributed by atoms with Crippen molar-refractivity contribution < 1.29 is 0 Å². The van der Waals surface area contributed by atoms with Crippen molar-refractivity contribution in [3.05, 3.63) is 78.9 Å². The van der Waals surface area contributed by atoms with Crippen molar-refractivity contribution in [3.63, 3.8) is 0 Å². The Kier molecular flexibility index (Phi) is 3.10. The first-order valence-corrected chi connectivity index (χ1v) is 9.15. The number of nitrogens with zero attached hydrogens (tertiary/aromatic N) is 3. The number of pyridine rings is 2. The van der Waals surface area contributed by atoms with Crippen LogP contribution in [0.3, 0.4) is 0 Å². The highest BCUT2D eigenvalue weighted by Crippen LogP contribution is 2.29. The van der Waals surface area contributed by atoms with Gasteiger partial charge in [0, 0.05) is 16.3 Å².